The number of hydrogen-bond acceptors (Lipinski definition) is 1. The predicted molar refractivity (Wildman–Crippen MR) is 46.4 cm³/mol. The quantitative estimate of drug-likeness (QED) is 0.422. The molecular formula is C10H16O. The van der Waals surface area contributed by atoms with Crippen molar-refractivity contribution in [3.63, 3.8) is 0 Å². The van der Waals surface area contributed by atoms with E-state index in [1.54, 1.807) is 0 Å². The summed E-state index contributed by atoms with van der Waals surface area (Å²) < 4.78 is 0. The second-order valence-corrected chi connectivity index (χ2v) is 3.37. The Hall–Kier alpha value is -0.590. The standard InChI is InChI=1S/C10H16O/c1-2-3-4-5-10(11)8-9-6-7-9/h2,9H,1,3-8H2. The summed E-state index contributed by atoms with van der Waals surface area (Å²) in [5.74, 6) is 1.21. The van der Waals surface area contributed by atoms with Crippen LogP contribution in [0.2, 0.25) is 0 Å². The van der Waals surface area contributed by atoms with E-state index in [2.05, 4.69) is 6.58 Å². The number of Topliss-reactive ketones (excluding diaryl/α,β-unsaturated/α-hetero) is 1. The molecule has 1 nitrogen and oxygen atoms in total. The molecule has 0 bridgehead atoms. The largest absolute Gasteiger partial charge is 0.300 e. The zero-order valence-electron chi connectivity index (χ0n) is 7.01. The predicted octanol–water partition coefficient (Wildman–Crippen LogP) is 2.71. The average Bonchev–Trinajstić information content (AvgIpc) is 2.72. The Morgan fingerprint density at radius 3 is 2.82 bits per heavy atom. The van der Waals surface area contributed by atoms with Crippen molar-refractivity contribution in [3.8, 4) is 0 Å². The fourth-order valence-electron chi connectivity index (χ4n) is 1.19. The van der Waals surface area contributed by atoms with E-state index in [-0.39, 0.29) is 0 Å². The second-order valence-electron chi connectivity index (χ2n) is 3.37. The molecule has 0 atom stereocenters. The fraction of sp³-hybridized carbons (Fsp3) is 0.700. The first-order valence-corrected chi connectivity index (χ1v) is 4.45. The summed E-state index contributed by atoms with van der Waals surface area (Å²) in [6.07, 6.45) is 8.04. The third-order valence-electron chi connectivity index (χ3n) is 2.08. The summed E-state index contributed by atoms with van der Waals surface area (Å²) in [6, 6.07) is 0. The third kappa shape index (κ3) is 3.97. The maximum absolute atomic E-state index is 11.1. The molecule has 1 aliphatic carbocycles. The summed E-state index contributed by atoms with van der Waals surface area (Å²) >= 11 is 0. The van der Waals surface area contributed by atoms with Gasteiger partial charge in [0.25, 0.3) is 0 Å². The highest BCUT2D eigenvalue weighted by Crippen LogP contribution is 2.32. The second kappa shape index (κ2) is 4.32. The van der Waals surface area contributed by atoms with Crippen molar-refractivity contribution in [2.45, 2.75) is 38.5 Å². The number of allylic oxidation sites excluding steroid dienone is 1. The molecule has 1 aliphatic rings. The van der Waals surface area contributed by atoms with E-state index in [0.717, 1.165) is 31.6 Å². The monoisotopic (exact) mass is 152 g/mol. The lowest BCUT2D eigenvalue weighted by Crippen LogP contribution is -1.97. The lowest BCUT2D eigenvalue weighted by Gasteiger charge is -1.96. The van der Waals surface area contributed by atoms with Gasteiger partial charge in [-0.3, -0.25) is 4.79 Å². The molecule has 1 rings (SSSR count). The van der Waals surface area contributed by atoms with Gasteiger partial charge in [-0.1, -0.05) is 6.08 Å². The van der Waals surface area contributed by atoms with Crippen LogP contribution in [0.25, 0.3) is 0 Å². The van der Waals surface area contributed by atoms with E-state index in [1.807, 2.05) is 6.08 Å². The first-order chi connectivity index (χ1) is 5.33. The van der Waals surface area contributed by atoms with Crippen molar-refractivity contribution in [1.29, 1.82) is 0 Å². The van der Waals surface area contributed by atoms with Crippen LogP contribution < -0.4 is 0 Å². The molecule has 0 unspecified atom stereocenters. The van der Waals surface area contributed by atoms with E-state index in [4.69, 9.17) is 0 Å². The van der Waals surface area contributed by atoms with E-state index >= 15 is 0 Å². The Labute approximate surface area is 68.5 Å². The van der Waals surface area contributed by atoms with Crippen molar-refractivity contribution in [3.05, 3.63) is 12.7 Å². The Bertz CT molecular complexity index is 145. The highest BCUT2D eigenvalue weighted by Gasteiger charge is 2.23. The minimum Gasteiger partial charge on any atom is -0.300 e. The molecule has 0 aromatic heterocycles. The molecule has 1 heteroatoms. The van der Waals surface area contributed by atoms with Gasteiger partial charge in [0.1, 0.15) is 5.78 Å². The van der Waals surface area contributed by atoms with Crippen LogP contribution in [0.15, 0.2) is 12.7 Å². The first kappa shape index (κ1) is 8.51. The van der Waals surface area contributed by atoms with Gasteiger partial charge >= 0.3 is 0 Å². The van der Waals surface area contributed by atoms with Crippen LogP contribution in [-0.4, -0.2) is 5.78 Å². The highest BCUT2D eigenvalue weighted by molar-refractivity contribution is 5.78. The summed E-state index contributed by atoms with van der Waals surface area (Å²) in [5, 5.41) is 0. The number of ketones is 1. The lowest BCUT2D eigenvalue weighted by molar-refractivity contribution is -0.119. The summed E-state index contributed by atoms with van der Waals surface area (Å²) in [6.45, 7) is 3.62. The molecule has 1 saturated carbocycles. The molecule has 0 N–H and O–H groups in total. The minimum atomic E-state index is 0.453. The maximum atomic E-state index is 11.1. The molecule has 11 heavy (non-hydrogen) atoms. The third-order valence-corrected chi connectivity index (χ3v) is 2.08. The van der Waals surface area contributed by atoms with Gasteiger partial charge in [-0.25, -0.2) is 0 Å². The highest BCUT2D eigenvalue weighted by atomic mass is 16.1. The molecule has 0 radical (unpaired) electrons. The van der Waals surface area contributed by atoms with Crippen molar-refractivity contribution >= 4 is 5.78 Å². The molecule has 0 saturated heterocycles. The Morgan fingerprint density at radius 1 is 1.55 bits per heavy atom. The SMILES string of the molecule is C=CCCCC(=O)CC1CC1. The smallest absolute Gasteiger partial charge is 0.133 e. The zero-order valence-corrected chi connectivity index (χ0v) is 7.01. The van der Waals surface area contributed by atoms with Gasteiger partial charge in [0.05, 0.1) is 0 Å². The van der Waals surface area contributed by atoms with E-state index in [1.165, 1.54) is 12.8 Å². The van der Waals surface area contributed by atoms with Gasteiger partial charge < -0.3 is 0 Å². The van der Waals surface area contributed by atoms with Gasteiger partial charge in [-0.2, -0.15) is 0 Å². The van der Waals surface area contributed by atoms with Crippen LogP contribution in [-0.2, 0) is 4.79 Å². The molecular weight excluding hydrogens is 136 g/mol. The number of carbonyl (C=O) groups excluding carboxylic acids is 1. The molecule has 0 aliphatic heterocycles. The van der Waals surface area contributed by atoms with Gasteiger partial charge in [0.15, 0.2) is 0 Å². The van der Waals surface area contributed by atoms with Crippen LogP contribution in [0.1, 0.15) is 38.5 Å². The number of hydrogen-bond donors (Lipinski definition) is 0. The maximum Gasteiger partial charge on any atom is 0.133 e. The summed E-state index contributed by atoms with van der Waals surface area (Å²) in [5.41, 5.74) is 0. The fourth-order valence-corrected chi connectivity index (χ4v) is 1.19. The zero-order chi connectivity index (χ0) is 8.10. The van der Waals surface area contributed by atoms with Gasteiger partial charge in [0.2, 0.25) is 0 Å². The first-order valence-electron chi connectivity index (χ1n) is 4.45. The van der Waals surface area contributed by atoms with Gasteiger partial charge in [-0.05, 0) is 31.6 Å². The molecule has 0 spiro atoms. The van der Waals surface area contributed by atoms with Crippen molar-refractivity contribution in [1.82, 2.24) is 0 Å². The topological polar surface area (TPSA) is 17.1 Å². The Kier molecular flexibility index (Phi) is 3.34. The van der Waals surface area contributed by atoms with E-state index in [9.17, 15) is 4.79 Å². The van der Waals surface area contributed by atoms with E-state index in [0.29, 0.717) is 5.78 Å². The van der Waals surface area contributed by atoms with Crippen molar-refractivity contribution < 1.29 is 4.79 Å². The number of rotatable bonds is 6. The Morgan fingerprint density at radius 2 is 2.27 bits per heavy atom. The van der Waals surface area contributed by atoms with Crippen LogP contribution >= 0.6 is 0 Å². The summed E-state index contributed by atoms with van der Waals surface area (Å²) in [4.78, 5) is 11.1. The van der Waals surface area contributed by atoms with Gasteiger partial charge in [0, 0.05) is 12.8 Å². The molecule has 0 aromatic carbocycles. The minimum absolute atomic E-state index is 0.453. The van der Waals surface area contributed by atoms with E-state index < -0.39 is 0 Å². The van der Waals surface area contributed by atoms with Gasteiger partial charge in [-0.15, -0.1) is 6.58 Å². The number of carbonyl (C=O) groups is 1. The molecule has 0 aromatic rings. The Balaban J connectivity index is 1.95. The average molecular weight is 152 g/mol. The summed E-state index contributed by atoms with van der Waals surface area (Å²) in [7, 11) is 0. The van der Waals surface area contributed by atoms with Crippen molar-refractivity contribution in [2.75, 3.05) is 0 Å². The molecule has 0 heterocycles. The van der Waals surface area contributed by atoms with Crippen LogP contribution in [0, 0.1) is 5.92 Å². The van der Waals surface area contributed by atoms with Crippen LogP contribution in [0.4, 0.5) is 0 Å². The van der Waals surface area contributed by atoms with Crippen LogP contribution in [0.3, 0.4) is 0 Å². The van der Waals surface area contributed by atoms with Crippen LogP contribution in [0.5, 0.6) is 0 Å². The number of unbranched alkanes of at least 4 members (excludes halogenated alkanes) is 1. The molecule has 62 valence electrons. The normalized spacial score (nSPS) is 16.4. The van der Waals surface area contributed by atoms with Crippen molar-refractivity contribution in [2.24, 2.45) is 5.92 Å². The molecule has 1 fully saturated rings. The lowest BCUT2D eigenvalue weighted by atomic mass is 10.1. The molecule has 0 amide bonds.